The molecule has 0 aromatic heterocycles. The molecule has 3 aromatic carbocycles. The van der Waals surface area contributed by atoms with Crippen LogP contribution in [0.3, 0.4) is 0 Å². The van der Waals surface area contributed by atoms with Crippen LogP contribution in [0.4, 0.5) is 0 Å². The van der Waals surface area contributed by atoms with Crippen LogP contribution in [0.25, 0.3) is 0 Å². The Morgan fingerprint density at radius 1 is 0.919 bits per heavy atom. The number of piperidine rings is 1. The second kappa shape index (κ2) is 12.7. The molecule has 1 aliphatic rings. The molecule has 0 radical (unpaired) electrons. The Hall–Kier alpha value is -3.42. The van der Waals surface area contributed by atoms with E-state index in [9.17, 15) is 14.7 Å². The summed E-state index contributed by atoms with van der Waals surface area (Å²) in [7, 11) is 0. The van der Waals surface area contributed by atoms with Gasteiger partial charge in [-0.2, -0.15) is 0 Å². The van der Waals surface area contributed by atoms with Crippen molar-refractivity contribution in [2.75, 3.05) is 26.3 Å². The quantitative estimate of drug-likeness (QED) is 0.305. The minimum atomic E-state index is -1.11. The van der Waals surface area contributed by atoms with Crippen LogP contribution in [0.1, 0.15) is 40.0 Å². The van der Waals surface area contributed by atoms with Crippen molar-refractivity contribution in [2.24, 2.45) is 0 Å². The first-order valence-corrected chi connectivity index (χ1v) is 12.7. The van der Waals surface area contributed by atoms with Gasteiger partial charge in [-0.15, -0.1) is 0 Å². The summed E-state index contributed by atoms with van der Waals surface area (Å²) in [5.74, 6) is 0.156. The van der Waals surface area contributed by atoms with Crippen LogP contribution < -0.4 is 14.2 Å². The number of halogens is 2. The van der Waals surface area contributed by atoms with Crippen LogP contribution in [-0.2, 0) is 0 Å². The van der Waals surface area contributed by atoms with E-state index < -0.39 is 5.97 Å². The van der Waals surface area contributed by atoms with Crippen LogP contribution in [0.5, 0.6) is 17.2 Å². The molecular weight excluding hydrogens is 517 g/mol. The number of hydrogen-bond donors (Lipinski definition) is 1. The predicted molar refractivity (Wildman–Crippen MR) is 141 cm³/mol. The highest BCUT2D eigenvalue weighted by Gasteiger charge is 2.26. The van der Waals surface area contributed by atoms with Crippen molar-refractivity contribution in [1.82, 2.24) is 4.90 Å². The van der Waals surface area contributed by atoms with E-state index in [1.54, 1.807) is 65.6 Å². The number of hydrogen-bond acceptors (Lipinski definition) is 5. The van der Waals surface area contributed by atoms with Crippen LogP contribution in [0.2, 0.25) is 10.0 Å². The van der Waals surface area contributed by atoms with E-state index in [0.29, 0.717) is 53.2 Å². The molecule has 0 saturated carbocycles. The van der Waals surface area contributed by atoms with Gasteiger partial charge in [-0.1, -0.05) is 29.3 Å². The largest absolute Gasteiger partial charge is 0.493 e. The number of carbonyl (C=O) groups excluding carboxylic acids is 1. The molecular formula is C28H27Cl2NO6. The third kappa shape index (κ3) is 7.54. The average Bonchev–Trinajstić information content (AvgIpc) is 2.90. The molecule has 1 N–H and O–H groups in total. The Morgan fingerprint density at radius 3 is 2.43 bits per heavy atom. The monoisotopic (exact) mass is 543 g/mol. The van der Waals surface area contributed by atoms with Crippen LogP contribution in [0.15, 0.2) is 66.7 Å². The molecule has 0 bridgehead atoms. The lowest BCUT2D eigenvalue weighted by Crippen LogP contribution is -2.44. The average molecular weight is 544 g/mol. The summed E-state index contributed by atoms with van der Waals surface area (Å²) in [4.78, 5) is 26.5. The minimum Gasteiger partial charge on any atom is -0.493 e. The van der Waals surface area contributed by atoms with E-state index in [1.165, 1.54) is 6.07 Å². The fourth-order valence-corrected chi connectivity index (χ4v) is 4.37. The number of carboxylic acids is 1. The third-order valence-corrected chi connectivity index (χ3v) is 6.34. The van der Waals surface area contributed by atoms with Gasteiger partial charge in [0.25, 0.3) is 5.91 Å². The van der Waals surface area contributed by atoms with Crippen molar-refractivity contribution in [3.8, 4) is 17.2 Å². The van der Waals surface area contributed by atoms with Crippen LogP contribution in [0, 0.1) is 0 Å². The zero-order valence-corrected chi connectivity index (χ0v) is 21.6. The molecule has 9 heteroatoms. The van der Waals surface area contributed by atoms with Gasteiger partial charge in [-0.3, -0.25) is 4.79 Å². The SMILES string of the molecule is O=C(O)c1cc(O[C@H]2CCCN(C(=O)c3cccc(Cl)c3)C2)ccc1OCCCOc1ccc(Cl)cc1. The lowest BCUT2D eigenvalue weighted by atomic mass is 10.1. The van der Waals surface area contributed by atoms with E-state index in [-0.39, 0.29) is 29.9 Å². The minimum absolute atomic E-state index is 0.0128. The smallest absolute Gasteiger partial charge is 0.339 e. The van der Waals surface area contributed by atoms with Crippen molar-refractivity contribution in [3.05, 3.63) is 87.9 Å². The number of nitrogens with zero attached hydrogens (tertiary/aromatic N) is 1. The van der Waals surface area contributed by atoms with Gasteiger partial charge in [0, 0.05) is 28.6 Å². The molecule has 3 aromatic rings. The van der Waals surface area contributed by atoms with E-state index >= 15 is 0 Å². The summed E-state index contributed by atoms with van der Waals surface area (Å²) < 4.78 is 17.4. The van der Waals surface area contributed by atoms with Crippen molar-refractivity contribution in [1.29, 1.82) is 0 Å². The number of aromatic carboxylic acids is 1. The van der Waals surface area contributed by atoms with Crippen LogP contribution >= 0.6 is 23.2 Å². The van der Waals surface area contributed by atoms with Gasteiger partial charge in [0.15, 0.2) is 0 Å². The van der Waals surface area contributed by atoms with E-state index in [4.69, 9.17) is 37.4 Å². The van der Waals surface area contributed by atoms with Gasteiger partial charge in [0.05, 0.1) is 19.8 Å². The Kier molecular flexibility index (Phi) is 9.14. The summed E-state index contributed by atoms with van der Waals surface area (Å²) in [6.07, 6.45) is 1.85. The van der Waals surface area contributed by atoms with Crippen molar-refractivity contribution < 1.29 is 28.9 Å². The number of carbonyl (C=O) groups is 2. The molecule has 0 spiro atoms. The van der Waals surface area contributed by atoms with E-state index in [2.05, 4.69) is 0 Å². The lowest BCUT2D eigenvalue weighted by Gasteiger charge is -2.33. The van der Waals surface area contributed by atoms with Gasteiger partial charge in [0.2, 0.25) is 0 Å². The maximum Gasteiger partial charge on any atom is 0.339 e. The maximum absolute atomic E-state index is 12.9. The van der Waals surface area contributed by atoms with Crippen molar-refractivity contribution in [3.63, 3.8) is 0 Å². The summed E-state index contributed by atoms with van der Waals surface area (Å²) in [6.45, 7) is 1.73. The maximum atomic E-state index is 12.9. The number of likely N-dealkylation sites (tertiary alicyclic amines) is 1. The second-order valence-electron chi connectivity index (χ2n) is 8.61. The van der Waals surface area contributed by atoms with Crippen molar-refractivity contribution in [2.45, 2.75) is 25.4 Å². The zero-order valence-electron chi connectivity index (χ0n) is 20.1. The first kappa shape index (κ1) is 26.6. The van der Waals surface area contributed by atoms with E-state index in [0.717, 1.165) is 12.8 Å². The third-order valence-electron chi connectivity index (χ3n) is 5.85. The first-order chi connectivity index (χ1) is 17.9. The first-order valence-electron chi connectivity index (χ1n) is 12.0. The molecule has 0 unspecified atom stereocenters. The number of rotatable bonds is 10. The molecule has 194 valence electrons. The Morgan fingerprint density at radius 2 is 1.68 bits per heavy atom. The normalized spacial score (nSPS) is 15.2. The predicted octanol–water partition coefficient (Wildman–Crippen LogP) is 6.22. The van der Waals surface area contributed by atoms with Gasteiger partial charge in [-0.25, -0.2) is 4.79 Å². The fourth-order valence-electron chi connectivity index (χ4n) is 4.05. The molecule has 1 fully saturated rings. The van der Waals surface area contributed by atoms with Gasteiger partial charge < -0.3 is 24.2 Å². The van der Waals surface area contributed by atoms with Gasteiger partial charge in [0.1, 0.15) is 28.9 Å². The number of carboxylic acid groups (broad SMARTS) is 1. The number of ether oxygens (including phenoxy) is 3. The molecule has 1 aliphatic heterocycles. The Balaban J connectivity index is 1.31. The van der Waals surface area contributed by atoms with Crippen LogP contribution in [-0.4, -0.2) is 54.3 Å². The molecule has 1 amide bonds. The summed E-state index contributed by atoms with van der Waals surface area (Å²) in [5, 5.41) is 10.8. The molecule has 1 saturated heterocycles. The highest BCUT2D eigenvalue weighted by molar-refractivity contribution is 6.31. The lowest BCUT2D eigenvalue weighted by molar-refractivity contribution is 0.0537. The topological polar surface area (TPSA) is 85.3 Å². The summed E-state index contributed by atoms with van der Waals surface area (Å²) >= 11 is 11.9. The zero-order chi connectivity index (χ0) is 26.2. The molecule has 1 heterocycles. The molecule has 4 rings (SSSR count). The fraction of sp³-hybridized carbons (Fsp3) is 0.286. The number of amides is 1. The number of benzene rings is 3. The second-order valence-corrected chi connectivity index (χ2v) is 9.48. The summed E-state index contributed by atoms with van der Waals surface area (Å²) in [6, 6.07) is 18.7. The molecule has 0 aliphatic carbocycles. The molecule has 37 heavy (non-hydrogen) atoms. The molecule has 7 nitrogen and oxygen atoms in total. The highest BCUT2D eigenvalue weighted by atomic mass is 35.5. The van der Waals surface area contributed by atoms with Crippen molar-refractivity contribution >= 4 is 35.1 Å². The molecule has 1 atom stereocenters. The van der Waals surface area contributed by atoms with Gasteiger partial charge in [-0.05, 0) is 73.5 Å². The standard InChI is InChI=1S/C28H27Cl2NO6/c29-20-7-9-22(10-8-20)35-14-3-15-36-26-12-11-23(17-25(26)28(33)34)37-24-6-2-13-31(18-24)27(32)19-4-1-5-21(30)16-19/h1,4-5,7-12,16-17,24H,2-3,6,13-15,18H2,(H,33,34)/t24-/m0/s1. The summed E-state index contributed by atoms with van der Waals surface area (Å²) in [5.41, 5.74) is 0.542. The van der Waals surface area contributed by atoms with Gasteiger partial charge >= 0.3 is 5.97 Å². The Labute approximate surface area is 225 Å². The highest BCUT2D eigenvalue weighted by Crippen LogP contribution is 2.27. The Bertz CT molecular complexity index is 1230. The van der Waals surface area contributed by atoms with E-state index in [1.807, 2.05) is 0 Å².